The molecule has 1 heterocycles. The summed E-state index contributed by atoms with van der Waals surface area (Å²) in [5.41, 5.74) is -4.82. The average molecular weight is 353 g/mol. The second-order valence-electron chi connectivity index (χ2n) is 5.10. The highest BCUT2D eigenvalue weighted by Gasteiger charge is 2.48. The molecule has 1 aromatic carbocycles. The van der Waals surface area contributed by atoms with Crippen LogP contribution >= 0.6 is 0 Å². The Morgan fingerprint density at radius 2 is 2.09 bits per heavy atom. The van der Waals surface area contributed by atoms with Crippen molar-refractivity contribution in [3.8, 4) is 11.5 Å². The molecule has 0 saturated carbocycles. The molecule has 1 aromatic rings. The maximum atomic E-state index is 12.3. The number of benzene rings is 1. The summed E-state index contributed by atoms with van der Waals surface area (Å²) in [7, 11) is -5.73. The number of carbonyl (C=O) groups is 1. The van der Waals surface area contributed by atoms with Crippen molar-refractivity contribution < 1.29 is 35.3 Å². The molecule has 0 radical (unpaired) electrons. The lowest BCUT2D eigenvalue weighted by Gasteiger charge is -2.19. The number of alkyl halides is 3. The molecule has 0 spiro atoms. The number of hydrogen-bond acceptors (Lipinski definition) is 5. The number of halogens is 3. The number of hydrogen-bond donors (Lipinski definition) is 1. The molecule has 23 heavy (non-hydrogen) atoms. The summed E-state index contributed by atoms with van der Waals surface area (Å²) in [6, 6.07) is 3.32. The molecular weight excluding hydrogens is 339 g/mol. The highest BCUT2D eigenvalue weighted by Crippen LogP contribution is 2.35. The van der Waals surface area contributed by atoms with Crippen molar-refractivity contribution in [1.82, 2.24) is 5.32 Å². The van der Waals surface area contributed by atoms with Crippen LogP contribution in [0, 0.1) is 0 Å². The molecule has 1 amide bonds. The molecule has 10 heteroatoms. The van der Waals surface area contributed by atoms with Crippen LogP contribution in [-0.2, 0) is 21.3 Å². The molecule has 128 valence electrons. The van der Waals surface area contributed by atoms with Gasteiger partial charge >= 0.3 is 15.6 Å². The molecule has 0 unspecified atom stereocenters. The number of carbonyl (C=O) groups excluding carboxylic acids is 1. The summed E-state index contributed by atoms with van der Waals surface area (Å²) in [6.45, 7) is 3.08. The summed E-state index contributed by atoms with van der Waals surface area (Å²) < 4.78 is 68.4. The van der Waals surface area contributed by atoms with Crippen LogP contribution in [0.5, 0.6) is 11.5 Å². The molecule has 0 aromatic heterocycles. The van der Waals surface area contributed by atoms with Gasteiger partial charge in [-0.3, -0.25) is 4.79 Å². The third-order valence-corrected chi connectivity index (χ3v) is 4.19. The van der Waals surface area contributed by atoms with Gasteiger partial charge in [0.1, 0.15) is 17.6 Å². The van der Waals surface area contributed by atoms with Gasteiger partial charge in [0, 0.05) is 19.4 Å². The topological polar surface area (TPSA) is 81.7 Å². The highest BCUT2D eigenvalue weighted by atomic mass is 32.2. The molecule has 2 rings (SSSR count). The monoisotopic (exact) mass is 353 g/mol. The molecule has 1 N–H and O–H groups in total. The smallest absolute Gasteiger partial charge is 0.488 e. The first-order valence-electron chi connectivity index (χ1n) is 6.57. The number of amides is 1. The van der Waals surface area contributed by atoms with Gasteiger partial charge in [0.25, 0.3) is 0 Å². The molecular formula is C13H14F3NO5S. The van der Waals surface area contributed by atoms with E-state index < -0.39 is 27.5 Å². The lowest BCUT2D eigenvalue weighted by molar-refractivity contribution is -0.120. The molecule has 0 saturated heterocycles. The van der Waals surface area contributed by atoms with Crippen molar-refractivity contribution in [2.24, 2.45) is 0 Å². The van der Waals surface area contributed by atoms with Gasteiger partial charge in [-0.05, 0) is 18.6 Å². The number of nitrogens with one attached hydrogen (secondary N) is 1. The number of rotatable bonds is 4. The SMILES string of the molecule is CC(=O)N[C@H](C)[C@@H]1Cc2ccc(OS(=O)(=O)C(F)(F)F)cc2O1. The van der Waals surface area contributed by atoms with Crippen molar-refractivity contribution in [3.05, 3.63) is 23.8 Å². The minimum Gasteiger partial charge on any atom is -0.488 e. The summed E-state index contributed by atoms with van der Waals surface area (Å²) in [6.07, 6.45) is 0.0340. The van der Waals surface area contributed by atoms with E-state index >= 15 is 0 Å². The molecule has 0 fully saturated rings. The van der Waals surface area contributed by atoms with E-state index in [1.54, 1.807) is 6.92 Å². The normalized spacial score (nSPS) is 18.7. The standard InChI is InChI=1S/C13H14F3NO5S/c1-7(17-8(2)18)11-5-9-3-4-10(6-12(9)21-11)22-23(19,20)13(14,15)16/h3-4,6-7,11H,5H2,1-2H3,(H,17,18)/t7-,11+/m1/s1. The Bertz CT molecular complexity index is 717. The largest absolute Gasteiger partial charge is 0.534 e. The van der Waals surface area contributed by atoms with Crippen molar-refractivity contribution in [2.45, 2.75) is 37.9 Å². The summed E-state index contributed by atoms with van der Waals surface area (Å²) in [5.74, 6) is -0.506. The van der Waals surface area contributed by atoms with Crippen LogP contribution < -0.4 is 14.2 Å². The first-order chi connectivity index (χ1) is 10.5. The molecule has 0 aliphatic carbocycles. The Hall–Kier alpha value is -1.97. The van der Waals surface area contributed by atoms with Crippen LogP contribution in [0.25, 0.3) is 0 Å². The van der Waals surface area contributed by atoms with Gasteiger partial charge in [0.05, 0.1) is 6.04 Å². The molecule has 0 bridgehead atoms. The van der Waals surface area contributed by atoms with E-state index in [-0.39, 0.29) is 17.7 Å². The Balaban J connectivity index is 2.14. The van der Waals surface area contributed by atoms with Crippen LogP contribution in [0.15, 0.2) is 18.2 Å². The second kappa shape index (κ2) is 5.91. The Morgan fingerprint density at radius 1 is 1.43 bits per heavy atom. The fourth-order valence-electron chi connectivity index (χ4n) is 2.15. The van der Waals surface area contributed by atoms with Gasteiger partial charge < -0.3 is 14.2 Å². The van der Waals surface area contributed by atoms with Crippen molar-refractivity contribution in [2.75, 3.05) is 0 Å². The second-order valence-corrected chi connectivity index (χ2v) is 6.64. The third-order valence-electron chi connectivity index (χ3n) is 3.22. The van der Waals surface area contributed by atoms with E-state index in [9.17, 15) is 26.4 Å². The lowest BCUT2D eigenvalue weighted by Crippen LogP contribution is -2.42. The predicted octanol–water partition coefficient (Wildman–Crippen LogP) is 1.74. The van der Waals surface area contributed by atoms with Crippen molar-refractivity contribution in [1.29, 1.82) is 0 Å². The minimum atomic E-state index is -5.73. The van der Waals surface area contributed by atoms with Gasteiger partial charge in [-0.2, -0.15) is 21.6 Å². The lowest BCUT2D eigenvalue weighted by atomic mass is 10.1. The fourth-order valence-corrected chi connectivity index (χ4v) is 2.60. The average Bonchev–Trinajstić information content (AvgIpc) is 2.79. The molecule has 6 nitrogen and oxygen atoms in total. The van der Waals surface area contributed by atoms with Crippen LogP contribution in [0.4, 0.5) is 13.2 Å². The first-order valence-corrected chi connectivity index (χ1v) is 7.98. The Kier molecular flexibility index (Phi) is 4.47. The van der Waals surface area contributed by atoms with Crippen LogP contribution in [-0.4, -0.2) is 32.0 Å². The zero-order valence-electron chi connectivity index (χ0n) is 12.2. The molecule has 1 aliphatic heterocycles. The van der Waals surface area contributed by atoms with Crippen molar-refractivity contribution >= 4 is 16.0 Å². The van der Waals surface area contributed by atoms with Crippen LogP contribution in [0.1, 0.15) is 19.4 Å². The minimum absolute atomic E-state index is 0.224. The van der Waals surface area contributed by atoms with Crippen molar-refractivity contribution in [3.63, 3.8) is 0 Å². The van der Waals surface area contributed by atoms with Gasteiger partial charge in [0.15, 0.2) is 0 Å². The quantitative estimate of drug-likeness (QED) is 0.659. The first kappa shape index (κ1) is 17.4. The summed E-state index contributed by atoms with van der Waals surface area (Å²) >= 11 is 0. The zero-order valence-corrected chi connectivity index (χ0v) is 13.0. The fraction of sp³-hybridized carbons (Fsp3) is 0.462. The maximum absolute atomic E-state index is 12.3. The van der Waals surface area contributed by atoms with E-state index in [0.717, 1.165) is 12.1 Å². The van der Waals surface area contributed by atoms with Gasteiger partial charge in [-0.1, -0.05) is 6.07 Å². The number of fused-ring (bicyclic) bond motifs is 1. The molecule has 1 aliphatic rings. The van der Waals surface area contributed by atoms with E-state index in [2.05, 4.69) is 9.50 Å². The summed E-state index contributed by atoms with van der Waals surface area (Å²) in [4.78, 5) is 11.0. The maximum Gasteiger partial charge on any atom is 0.534 e. The van der Waals surface area contributed by atoms with E-state index in [1.807, 2.05) is 0 Å². The zero-order chi connectivity index (χ0) is 17.4. The van der Waals surface area contributed by atoms with Crippen LogP contribution in [0.2, 0.25) is 0 Å². The van der Waals surface area contributed by atoms with E-state index in [0.29, 0.717) is 12.0 Å². The van der Waals surface area contributed by atoms with Gasteiger partial charge in [-0.25, -0.2) is 0 Å². The Labute approximate surface area is 130 Å². The predicted molar refractivity (Wildman–Crippen MR) is 73.4 cm³/mol. The Morgan fingerprint density at radius 3 is 2.65 bits per heavy atom. The van der Waals surface area contributed by atoms with Gasteiger partial charge in [-0.15, -0.1) is 0 Å². The number of ether oxygens (including phenoxy) is 1. The van der Waals surface area contributed by atoms with Crippen LogP contribution in [0.3, 0.4) is 0 Å². The summed E-state index contributed by atoms with van der Waals surface area (Å²) in [5, 5.41) is 2.65. The van der Waals surface area contributed by atoms with Gasteiger partial charge in [0.2, 0.25) is 5.91 Å². The van der Waals surface area contributed by atoms with E-state index in [4.69, 9.17) is 4.74 Å². The van der Waals surface area contributed by atoms with E-state index in [1.165, 1.54) is 13.0 Å². The molecule has 2 atom stereocenters. The third kappa shape index (κ3) is 3.87. The highest BCUT2D eigenvalue weighted by molar-refractivity contribution is 7.88.